The fourth-order valence-electron chi connectivity index (χ4n) is 9.68. The van der Waals surface area contributed by atoms with E-state index in [1.807, 2.05) is 37.3 Å². The van der Waals surface area contributed by atoms with E-state index in [0.29, 0.717) is 11.8 Å². The molecule has 3 fully saturated rings. The SMILES string of the molecule is CCCCCCCC[C@H]1CC[C@H]2[C@@H]3CC=C4C[C@@H](OC(=O)[C@@H](CC)Oc5ccccc5)CC[C@]4(C)[C@H]3CC[C@]12C. The molecular weight excluding hydrogens is 492 g/mol. The topological polar surface area (TPSA) is 35.5 Å². The number of fused-ring (bicyclic) bond motifs is 5. The Morgan fingerprint density at radius 2 is 1.70 bits per heavy atom. The zero-order valence-electron chi connectivity index (χ0n) is 26.0. The Morgan fingerprint density at radius 1 is 0.925 bits per heavy atom. The highest BCUT2D eigenvalue weighted by molar-refractivity contribution is 5.75. The summed E-state index contributed by atoms with van der Waals surface area (Å²) in [5.41, 5.74) is 2.43. The number of unbranched alkanes of at least 4 members (excludes halogenated alkanes) is 5. The Bertz CT molecular complexity index is 1000. The zero-order chi connectivity index (χ0) is 28.2. The number of hydrogen-bond acceptors (Lipinski definition) is 3. The van der Waals surface area contributed by atoms with E-state index in [-0.39, 0.29) is 17.5 Å². The molecule has 0 spiro atoms. The van der Waals surface area contributed by atoms with Gasteiger partial charge in [0.05, 0.1) is 0 Å². The second-order valence-corrected chi connectivity index (χ2v) is 14.3. The minimum Gasteiger partial charge on any atom is -0.479 e. The Kier molecular flexibility index (Phi) is 9.68. The Labute approximate surface area is 244 Å². The first-order valence-electron chi connectivity index (χ1n) is 17.0. The summed E-state index contributed by atoms with van der Waals surface area (Å²) in [5, 5.41) is 0. The van der Waals surface area contributed by atoms with Crippen LogP contribution in [0.2, 0.25) is 0 Å². The first-order chi connectivity index (χ1) is 19.4. The van der Waals surface area contributed by atoms with Crippen molar-refractivity contribution in [2.75, 3.05) is 0 Å². The van der Waals surface area contributed by atoms with Crippen LogP contribution in [0.3, 0.4) is 0 Å². The smallest absolute Gasteiger partial charge is 0.347 e. The average molecular weight is 549 g/mol. The van der Waals surface area contributed by atoms with Gasteiger partial charge in [0.15, 0.2) is 6.10 Å². The first kappa shape index (κ1) is 29.7. The molecule has 0 saturated heterocycles. The van der Waals surface area contributed by atoms with Gasteiger partial charge in [-0.25, -0.2) is 4.79 Å². The molecule has 0 radical (unpaired) electrons. The van der Waals surface area contributed by atoms with Crippen molar-refractivity contribution < 1.29 is 14.3 Å². The van der Waals surface area contributed by atoms with Crippen LogP contribution in [0.1, 0.15) is 130 Å². The van der Waals surface area contributed by atoms with E-state index in [1.54, 1.807) is 5.57 Å². The second kappa shape index (κ2) is 13.0. The predicted octanol–water partition coefficient (Wildman–Crippen LogP) is 10.1. The maximum atomic E-state index is 13.1. The molecule has 8 atom stereocenters. The number of benzene rings is 1. The van der Waals surface area contributed by atoms with Crippen LogP contribution in [-0.2, 0) is 9.53 Å². The molecule has 0 amide bonds. The van der Waals surface area contributed by atoms with Crippen molar-refractivity contribution in [2.24, 2.45) is 34.5 Å². The van der Waals surface area contributed by atoms with Crippen LogP contribution in [0.15, 0.2) is 42.0 Å². The van der Waals surface area contributed by atoms with Crippen LogP contribution < -0.4 is 4.74 Å². The monoisotopic (exact) mass is 548 g/mol. The molecule has 0 aromatic heterocycles. The summed E-state index contributed by atoms with van der Waals surface area (Å²) in [6.07, 6.45) is 22.7. The molecule has 1 aromatic rings. The van der Waals surface area contributed by atoms with Gasteiger partial charge in [0.2, 0.25) is 0 Å². The van der Waals surface area contributed by atoms with Gasteiger partial charge >= 0.3 is 5.97 Å². The molecular formula is C37H56O3. The highest BCUT2D eigenvalue weighted by Crippen LogP contribution is 2.66. The van der Waals surface area contributed by atoms with Gasteiger partial charge in [-0.2, -0.15) is 0 Å². The van der Waals surface area contributed by atoms with Gasteiger partial charge in [0.25, 0.3) is 0 Å². The van der Waals surface area contributed by atoms with Crippen LogP contribution in [0.4, 0.5) is 0 Å². The van der Waals surface area contributed by atoms with Crippen LogP contribution in [0.25, 0.3) is 0 Å². The zero-order valence-corrected chi connectivity index (χ0v) is 26.0. The maximum Gasteiger partial charge on any atom is 0.347 e. The van der Waals surface area contributed by atoms with E-state index in [2.05, 4.69) is 26.8 Å². The van der Waals surface area contributed by atoms with E-state index >= 15 is 0 Å². The van der Waals surface area contributed by atoms with Crippen molar-refractivity contribution >= 4 is 5.97 Å². The molecule has 0 unspecified atom stereocenters. The van der Waals surface area contributed by atoms with Crippen molar-refractivity contribution in [3.8, 4) is 5.75 Å². The third kappa shape index (κ3) is 6.05. The van der Waals surface area contributed by atoms with E-state index in [1.165, 1.54) is 77.0 Å². The summed E-state index contributed by atoms with van der Waals surface area (Å²) in [6.45, 7) is 9.55. The molecule has 4 aliphatic rings. The van der Waals surface area contributed by atoms with E-state index in [4.69, 9.17) is 9.47 Å². The van der Waals surface area contributed by atoms with Crippen LogP contribution in [0.5, 0.6) is 5.75 Å². The Balaban J connectivity index is 1.17. The van der Waals surface area contributed by atoms with Gasteiger partial charge in [-0.05, 0) is 104 Å². The number of hydrogen-bond donors (Lipinski definition) is 0. The molecule has 3 nitrogen and oxygen atoms in total. The molecule has 222 valence electrons. The molecule has 1 aromatic carbocycles. The lowest BCUT2D eigenvalue weighted by Crippen LogP contribution is -2.50. The summed E-state index contributed by atoms with van der Waals surface area (Å²) in [6, 6.07) is 9.64. The molecule has 0 heterocycles. The largest absolute Gasteiger partial charge is 0.479 e. The third-order valence-corrected chi connectivity index (χ3v) is 12.1. The average Bonchev–Trinajstić information content (AvgIpc) is 3.30. The minimum absolute atomic E-state index is 0.0150. The van der Waals surface area contributed by atoms with Gasteiger partial charge in [-0.1, -0.05) is 96.1 Å². The number of para-hydroxylation sites is 1. The van der Waals surface area contributed by atoms with Gasteiger partial charge in [-0.3, -0.25) is 0 Å². The van der Waals surface area contributed by atoms with Crippen molar-refractivity contribution in [3.63, 3.8) is 0 Å². The van der Waals surface area contributed by atoms with E-state index < -0.39 is 6.10 Å². The number of ether oxygens (including phenoxy) is 2. The second-order valence-electron chi connectivity index (χ2n) is 14.3. The van der Waals surface area contributed by atoms with Gasteiger partial charge < -0.3 is 9.47 Å². The number of esters is 1. The van der Waals surface area contributed by atoms with Crippen molar-refractivity contribution in [1.82, 2.24) is 0 Å². The van der Waals surface area contributed by atoms with Crippen LogP contribution >= 0.6 is 0 Å². The Morgan fingerprint density at radius 3 is 2.48 bits per heavy atom. The maximum absolute atomic E-state index is 13.1. The number of allylic oxidation sites excluding steroid dienone is 1. The lowest BCUT2D eigenvalue weighted by atomic mass is 9.47. The van der Waals surface area contributed by atoms with Crippen LogP contribution in [0, 0.1) is 34.5 Å². The molecule has 3 heteroatoms. The number of carbonyl (C=O) groups is 1. The number of carbonyl (C=O) groups excluding carboxylic acids is 1. The summed E-state index contributed by atoms with van der Waals surface area (Å²) in [4.78, 5) is 13.1. The van der Waals surface area contributed by atoms with Gasteiger partial charge in [0.1, 0.15) is 11.9 Å². The van der Waals surface area contributed by atoms with Crippen molar-refractivity contribution in [3.05, 3.63) is 42.0 Å². The lowest BCUT2D eigenvalue weighted by molar-refractivity contribution is -0.160. The van der Waals surface area contributed by atoms with Gasteiger partial charge in [-0.15, -0.1) is 0 Å². The third-order valence-electron chi connectivity index (χ3n) is 12.1. The molecule has 0 aliphatic heterocycles. The number of rotatable bonds is 12. The molecule has 3 saturated carbocycles. The van der Waals surface area contributed by atoms with E-state index in [9.17, 15) is 4.79 Å². The normalized spacial score (nSPS) is 35.6. The van der Waals surface area contributed by atoms with Crippen LogP contribution in [-0.4, -0.2) is 18.2 Å². The minimum atomic E-state index is -0.539. The highest BCUT2D eigenvalue weighted by atomic mass is 16.6. The molecule has 4 aliphatic carbocycles. The summed E-state index contributed by atoms with van der Waals surface area (Å²) < 4.78 is 12.1. The highest BCUT2D eigenvalue weighted by Gasteiger charge is 2.58. The standard InChI is InChI=1S/C37H56O3/c1-5-7-8-9-10-12-15-27-19-21-32-31-20-18-28-26-30(22-24-37(28,4)33(31)23-25-36(27,32)3)40-35(38)34(6-2)39-29-16-13-11-14-17-29/h11,13-14,16-18,27,30-34H,5-10,12,15,19-26H2,1-4H3/t27-,30-,31-,32-,33-,34+,36+,37-/m0/s1. The summed E-state index contributed by atoms with van der Waals surface area (Å²) >= 11 is 0. The molecule has 0 N–H and O–H groups in total. The predicted molar refractivity (Wildman–Crippen MR) is 164 cm³/mol. The fourth-order valence-corrected chi connectivity index (χ4v) is 9.68. The van der Waals surface area contributed by atoms with Crippen molar-refractivity contribution in [1.29, 1.82) is 0 Å². The molecule has 40 heavy (non-hydrogen) atoms. The van der Waals surface area contributed by atoms with Crippen molar-refractivity contribution in [2.45, 2.75) is 143 Å². The summed E-state index contributed by atoms with van der Waals surface area (Å²) in [7, 11) is 0. The lowest BCUT2D eigenvalue weighted by Gasteiger charge is -2.58. The Hall–Kier alpha value is -1.77. The molecule has 5 rings (SSSR count). The quantitative estimate of drug-likeness (QED) is 0.148. The van der Waals surface area contributed by atoms with Gasteiger partial charge in [0, 0.05) is 6.42 Å². The fraction of sp³-hybridized carbons (Fsp3) is 0.757. The summed E-state index contributed by atoms with van der Waals surface area (Å²) in [5.74, 6) is 4.04. The first-order valence-corrected chi connectivity index (χ1v) is 17.0. The van der Waals surface area contributed by atoms with E-state index in [0.717, 1.165) is 48.7 Å². The molecule has 0 bridgehead atoms.